The maximum absolute atomic E-state index is 11.2. The van der Waals surface area contributed by atoms with Gasteiger partial charge in [0.25, 0.3) is 0 Å². The predicted molar refractivity (Wildman–Crippen MR) is 60.0 cm³/mol. The quantitative estimate of drug-likeness (QED) is 0.648. The highest BCUT2D eigenvalue weighted by molar-refractivity contribution is 7.10. The van der Waals surface area contributed by atoms with Gasteiger partial charge in [0, 0.05) is 11.0 Å². The lowest BCUT2D eigenvalue weighted by Gasteiger charge is -2.08. The molecule has 0 aliphatic heterocycles. The lowest BCUT2D eigenvalue weighted by Crippen LogP contribution is -2.42. The van der Waals surface area contributed by atoms with E-state index in [1.165, 1.54) is 17.4 Å². The first-order chi connectivity index (χ1) is 7.63. The van der Waals surface area contributed by atoms with E-state index in [2.05, 4.69) is 5.32 Å². The molecule has 0 saturated carbocycles. The van der Waals surface area contributed by atoms with Gasteiger partial charge in [0.2, 0.25) is 5.91 Å². The number of carboxylic acid groups (broad SMARTS) is 1. The maximum Gasteiger partial charge on any atom is 0.328 e. The zero-order valence-corrected chi connectivity index (χ0v) is 9.11. The molecule has 5 nitrogen and oxygen atoms in total. The lowest BCUT2D eigenvalue weighted by molar-refractivity contribution is -0.142. The van der Waals surface area contributed by atoms with Gasteiger partial charge in [-0.25, -0.2) is 4.79 Å². The second-order valence-electron chi connectivity index (χ2n) is 2.93. The molecule has 0 fully saturated rings. The first-order valence-corrected chi connectivity index (χ1v) is 5.37. The average molecular weight is 241 g/mol. The molecule has 1 unspecified atom stereocenters. The minimum Gasteiger partial charge on any atom is -0.480 e. The van der Waals surface area contributed by atoms with Gasteiger partial charge in [-0.15, -0.1) is 11.3 Å². The fourth-order valence-corrected chi connectivity index (χ4v) is 1.57. The average Bonchev–Trinajstić information content (AvgIpc) is 2.75. The van der Waals surface area contributed by atoms with Crippen LogP contribution in [0.15, 0.2) is 23.6 Å². The molecule has 3 N–H and O–H groups in total. The van der Waals surface area contributed by atoms with Gasteiger partial charge in [-0.05, 0) is 17.5 Å². The van der Waals surface area contributed by atoms with Crippen LogP contribution in [0.5, 0.6) is 0 Å². The Balaban J connectivity index is 2.50. The summed E-state index contributed by atoms with van der Waals surface area (Å²) in [6.07, 6.45) is 2.81. The van der Waals surface area contributed by atoms with Gasteiger partial charge < -0.3 is 15.5 Å². The largest absolute Gasteiger partial charge is 0.480 e. The Bertz CT molecular complexity index is 386. The Hall–Kier alpha value is -1.66. The van der Waals surface area contributed by atoms with Crippen molar-refractivity contribution in [3.63, 3.8) is 0 Å². The fraction of sp³-hybridized carbons (Fsp3) is 0.200. The summed E-state index contributed by atoms with van der Waals surface area (Å²) in [6.45, 7) is -0.631. The number of rotatable bonds is 5. The topological polar surface area (TPSA) is 86.6 Å². The molecule has 1 aromatic heterocycles. The van der Waals surface area contributed by atoms with Gasteiger partial charge in [-0.3, -0.25) is 4.79 Å². The van der Waals surface area contributed by atoms with Gasteiger partial charge in [-0.1, -0.05) is 6.07 Å². The minimum absolute atomic E-state index is 0.546. The van der Waals surface area contributed by atoms with E-state index in [0.717, 1.165) is 4.88 Å². The highest BCUT2D eigenvalue weighted by atomic mass is 32.1. The fourth-order valence-electron chi connectivity index (χ4n) is 0.949. The molecule has 1 aromatic rings. The van der Waals surface area contributed by atoms with Crippen LogP contribution in [0.4, 0.5) is 0 Å². The van der Waals surface area contributed by atoms with Crippen molar-refractivity contribution in [2.75, 3.05) is 6.61 Å². The van der Waals surface area contributed by atoms with Crippen molar-refractivity contribution in [1.29, 1.82) is 0 Å². The lowest BCUT2D eigenvalue weighted by atomic mass is 10.3. The first kappa shape index (κ1) is 12.4. The summed E-state index contributed by atoms with van der Waals surface area (Å²) in [4.78, 5) is 22.6. The van der Waals surface area contributed by atoms with E-state index in [1.54, 1.807) is 6.08 Å². The molecule has 1 amide bonds. The number of aliphatic hydroxyl groups is 1. The second kappa shape index (κ2) is 6.04. The molecule has 0 aliphatic carbocycles. The van der Waals surface area contributed by atoms with Crippen LogP contribution in [0, 0.1) is 0 Å². The Morgan fingerprint density at radius 1 is 1.56 bits per heavy atom. The van der Waals surface area contributed by atoms with Crippen molar-refractivity contribution in [1.82, 2.24) is 5.32 Å². The summed E-state index contributed by atoms with van der Waals surface area (Å²) in [7, 11) is 0. The molecular weight excluding hydrogens is 230 g/mol. The molecule has 0 aliphatic rings. The number of hydrogen-bond acceptors (Lipinski definition) is 4. The smallest absolute Gasteiger partial charge is 0.328 e. The number of hydrogen-bond donors (Lipinski definition) is 3. The van der Waals surface area contributed by atoms with Gasteiger partial charge in [0.05, 0.1) is 6.61 Å². The summed E-state index contributed by atoms with van der Waals surface area (Å²) in [5.74, 6) is -1.81. The number of carboxylic acids is 1. The zero-order valence-electron chi connectivity index (χ0n) is 8.29. The Labute approximate surface area is 96.0 Å². The van der Waals surface area contributed by atoms with E-state index in [9.17, 15) is 9.59 Å². The molecule has 1 rings (SSSR count). The van der Waals surface area contributed by atoms with E-state index in [4.69, 9.17) is 10.2 Å². The molecule has 86 valence electrons. The highest BCUT2D eigenvalue weighted by Crippen LogP contribution is 2.09. The number of thiophene rings is 1. The molecular formula is C10H11NO4S. The molecule has 0 bridgehead atoms. The van der Waals surface area contributed by atoms with E-state index in [1.807, 2.05) is 17.5 Å². The van der Waals surface area contributed by atoms with E-state index in [0.29, 0.717) is 0 Å². The minimum atomic E-state index is -1.26. The van der Waals surface area contributed by atoms with Crippen LogP contribution < -0.4 is 5.32 Å². The van der Waals surface area contributed by atoms with Crippen molar-refractivity contribution in [3.05, 3.63) is 28.5 Å². The summed E-state index contributed by atoms with van der Waals surface area (Å²) in [6, 6.07) is 2.41. The molecule has 1 atom stereocenters. The molecule has 0 radical (unpaired) electrons. The molecule has 6 heteroatoms. The number of carbonyl (C=O) groups excluding carboxylic acids is 1. The number of nitrogens with one attached hydrogen (secondary N) is 1. The molecule has 16 heavy (non-hydrogen) atoms. The first-order valence-electron chi connectivity index (χ1n) is 4.49. The van der Waals surface area contributed by atoms with Crippen molar-refractivity contribution in [3.8, 4) is 0 Å². The predicted octanol–water partition coefficient (Wildman–Crippen LogP) is 0.323. The van der Waals surface area contributed by atoms with Crippen molar-refractivity contribution in [2.24, 2.45) is 0 Å². The Morgan fingerprint density at radius 3 is 2.81 bits per heavy atom. The highest BCUT2D eigenvalue weighted by Gasteiger charge is 2.16. The second-order valence-corrected chi connectivity index (χ2v) is 3.91. The number of aliphatic hydroxyl groups excluding tert-OH is 1. The SMILES string of the molecule is O=C(/C=C/c1cccs1)NC(CO)C(=O)O. The third kappa shape index (κ3) is 3.84. The third-order valence-electron chi connectivity index (χ3n) is 1.74. The van der Waals surface area contributed by atoms with Crippen LogP contribution in [0.1, 0.15) is 4.88 Å². The zero-order chi connectivity index (χ0) is 12.0. The summed E-state index contributed by atoms with van der Waals surface area (Å²) in [5, 5.41) is 21.3. The summed E-state index contributed by atoms with van der Waals surface area (Å²) in [5.41, 5.74) is 0. The van der Waals surface area contributed by atoms with Crippen LogP contribution >= 0.6 is 11.3 Å². The van der Waals surface area contributed by atoms with E-state index in [-0.39, 0.29) is 0 Å². The maximum atomic E-state index is 11.2. The van der Waals surface area contributed by atoms with Crippen LogP contribution in [0.2, 0.25) is 0 Å². The standard InChI is InChI=1S/C10H11NO4S/c12-6-8(10(14)15)11-9(13)4-3-7-2-1-5-16-7/h1-5,8,12H,6H2,(H,11,13)(H,14,15)/b4-3+. The van der Waals surface area contributed by atoms with E-state index >= 15 is 0 Å². The molecule has 0 saturated heterocycles. The number of aliphatic carboxylic acids is 1. The van der Waals surface area contributed by atoms with Crippen molar-refractivity contribution in [2.45, 2.75) is 6.04 Å². The van der Waals surface area contributed by atoms with E-state index < -0.39 is 24.5 Å². The molecule has 1 heterocycles. The summed E-state index contributed by atoms with van der Waals surface area (Å²) >= 11 is 1.46. The van der Waals surface area contributed by atoms with Gasteiger partial charge in [-0.2, -0.15) is 0 Å². The van der Waals surface area contributed by atoms with Gasteiger partial charge in [0.1, 0.15) is 0 Å². The van der Waals surface area contributed by atoms with Crippen LogP contribution in [-0.4, -0.2) is 34.7 Å². The normalized spacial score (nSPS) is 12.6. The molecule has 0 aromatic carbocycles. The Morgan fingerprint density at radius 2 is 2.31 bits per heavy atom. The van der Waals surface area contributed by atoms with Crippen LogP contribution in [-0.2, 0) is 9.59 Å². The van der Waals surface area contributed by atoms with Crippen molar-refractivity contribution >= 4 is 29.3 Å². The number of amides is 1. The van der Waals surface area contributed by atoms with Crippen LogP contribution in [0.3, 0.4) is 0 Å². The van der Waals surface area contributed by atoms with Crippen molar-refractivity contribution < 1.29 is 19.8 Å². The third-order valence-corrected chi connectivity index (χ3v) is 2.58. The monoisotopic (exact) mass is 241 g/mol. The number of carbonyl (C=O) groups is 2. The summed E-state index contributed by atoms with van der Waals surface area (Å²) < 4.78 is 0. The van der Waals surface area contributed by atoms with Gasteiger partial charge >= 0.3 is 5.97 Å². The van der Waals surface area contributed by atoms with Crippen LogP contribution in [0.25, 0.3) is 6.08 Å². The van der Waals surface area contributed by atoms with Gasteiger partial charge in [0.15, 0.2) is 6.04 Å². The Kier molecular flexibility index (Phi) is 4.68. The molecule has 0 spiro atoms.